The van der Waals surface area contributed by atoms with Crippen molar-refractivity contribution >= 4 is 11.0 Å². The molecule has 0 unspecified atom stereocenters. The van der Waals surface area contributed by atoms with Crippen molar-refractivity contribution in [2.45, 2.75) is 6.18 Å². The van der Waals surface area contributed by atoms with Crippen molar-refractivity contribution < 1.29 is 22.0 Å². The standard InChI is InChI=1S/C16H8F4O2/c17-11-4-1-9(2-5-11)10-3-6-12-13(21)8-15(16(18,19)20)22-14(12)7-10/h1-8H. The van der Waals surface area contributed by atoms with Crippen LogP contribution in [0.2, 0.25) is 0 Å². The summed E-state index contributed by atoms with van der Waals surface area (Å²) in [7, 11) is 0. The Kier molecular flexibility index (Phi) is 3.24. The van der Waals surface area contributed by atoms with Gasteiger partial charge in [0.25, 0.3) is 0 Å². The Labute approximate surface area is 121 Å². The maximum Gasteiger partial charge on any atom is 0.449 e. The van der Waals surface area contributed by atoms with Gasteiger partial charge in [-0.15, -0.1) is 0 Å². The molecule has 22 heavy (non-hydrogen) atoms. The molecular formula is C16H8F4O2. The maximum atomic E-state index is 12.9. The van der Waals surface area contributed by atoms with Crippen LogP contribution in [0.15, 0.2) is 57.7 Å². The lowest BCUT2D eigenvalue weighted by Gasteiger charge is -2.07. The van der Waals surface area contributed by atoms with Gasteiger partial charge >= 0.3 is 6.18 Å². The molecule has 0 saturated carbocycles. The van der Waals surface area contributed by atoms with Gasteiger partial charge < -0.3 is 4.42 Å². The third-order valence-electron chi connectivity index (χ3n) is 3.19. The van der Waals surface area contributed by atoms with Crippen LogP contribution in [-0.4, -0.2) is 0 Å². The summed E-state index contributed by atoms with van der Waals surface area (Å²) in [4.78, 5) is 11.7. The first-order valence-electron chi connectivity index (χ1n) is 6.26. The Bertz CT molecular complexity index is 893. The third-order valence-corrected chi connectivity index (χ3v) is 3.19. The van der Waals surface area contributed by atoms with Crippen molar-refractivity contribution in [1.82, 2.24) is 0 Å². The van der Waals surface area contributed by atoms with Gasteiger partial charge in [-0.2, -0.15) is 13.2 Å². The Morgan fingerprint density at radius 2 is 1.50 bits per heavy atom. The van der Waals surface area contributed by atoms with Crippen molar-refractivity contribution in [1.29, 1.82) is 0 Å². The van der Waals surface area contributed by atoms with Crippen LogP contribution in [0.25, 0.3) is 22.1 Å². The highest BCUT2D eigenvalue weighted by Gasteiger charge is 2.34. The quantitative estimate of drug-likeness (QED) is 0.614. The summed E-state index contributed by atoms with van der Waals surface area (Å²) in [6.07, 6.45) is -4.74. The summed E-state index contributed by atoms with van der Waals surface area (Å²) in [5.74, 6) is -1.77. The minimum atomic E-state index is -4.74. The molecule has 0 aliphatic heterocycles. The number of hydrogen-bond acceptors (Lipinski definition) is 2. The van der Waals surface area contributed by atoms with Gasteiger partial charge in [-0.05, 0) is 35.4 Å². The molecule has 1 aromatic heterocycles. The molecule has 2 nitrogen and oxygen atoms in total. The van der Waals surface area contributed by atoms with Crippen molar-refractivity contribution in [3.8, 4) is 11.1 Å². The molecule has 0 atom stereocenters. The van der Waals surface area contributed by atoms with E-state index in [1.165, 1.54) is 36.4 Å². The van der Waals surface area contributed by atoms with Gasteiger partial charge in [-0.1, -0.05) is 18.2 Å². The highest BCUT2D eigenvalue weighted by Crippen LogP contribution is 2.31. The first-order valence-corrected chi connectivity index (χ1v) is 6.26. The minimum absolute atomic E-state index is 0.0545. The molecule has 0 spiro atoms. The van der Waals surface area contributed by atoms with Crippen LogP contribution in [-0.2, 0) is 6.18 Å². The Balaban J connectivity index is 2.20. The zero-order valence-electron chi connectivity index (χ0n) is 10.9. The van der Waals surface area contributed by atoms with E-state index in [2.05, 4.69) is 0 Å². The molecule has 3 aromatic rings. The zero-order valence-corrected chi connectivity index (χ0v) is 10.9. The van der Waals surface area contributed by atoms with E-state index in [9.17, 15) is 22.4 Å². The lowest BCUT2D eigenvalue weighted by molar-refractivity contribution is -0.152. The van der Waals surface area contributed by atoms with Gasteiger partial charge in [0.2, 0.25) is 5.76 Å². The second-order valence-corrected chi connectivity index (χ2v) is 4.69. The monoisotopic (exact) mass is 308 g/mol. The van der Waals surface area contributed by atoms with Crippen molar-refractivity contribution in [3.05, 3.63) is 70.3 Å². The first-order chi connectivity index (χ1) is 10.3. The van der Waals surface area contributed by atoms with Crippen LogP contribution in [0.3, 0.4) is 0 Å². The summed E-state index contributed by atoms with van der Waals surface area (Å²) < 4.78 is 55.8. The van der Waals surface area contributed by atoms with Crippen molar-refractivity contribution in [2.75, 3.05) is 0 Å². The average Bonchev–Trinajstić information content (AvgIpc) is 2.46. The van der Waals surface area contributed by atoms with E-state index in [1.807, 2.05) is 0 Å². The molecule has 0 amide bonds. The van der Waals surface area contributed by atoms with E-state index in [0.29, 0.717) is 17.2 Å². The molecular weight excluding hydrogens is 300 g/mol. The highest BCUT2D eigenvalue weighted by molar-refractivity contribution is 5.82. The van der Waals surface area contributed by atoms with Crippen molar-refractivity contribution in [3.63, 3.8) is 0 Å². The van der Waals surface area contributed by atoms with Crippen LogP contribution in [0, 0.1) is 5.82 Å². The predicted molar refractivity (Wildman–Crippen MR) is 72.9 cm³/mol. The molecule has 112 valence electrons. The number of benzene rings is 2. The zero-order chi connectivity index (χ0) is 15.9. The number of hydrogen-bond donors (Lipinski definition) is 0. The van der Waals surface area contributed by atoms with Gasteiger partial charge in [-0.3, -0.25) is 4.79 Å². The number of rotatable bonds is 1. The van der Waals surface area contributed by atoms with E-state index >= 15 is 0 Å². The fourth-order valence-electron chi connectivity index (χ4n) is 2.12. The first kappa shape index (κ1) is 14.3. The Hall–Kier alpha value is -2.63. The average molecular weight is 308 g/mol. The number of alkyl halides is 3. The van der Waals surface area contributed by atoms with E-state index in [4.69, 9.17) is 4.42 Å². The molecule has 2 aromatic carbocycles. The van der Waals surface area contributed by atoms with Crippen molar-refractivity contribution in [2.24, 2.45) is 0 Å². The number of fused-ring (bicyclic) bond motifs is 1. The third kappa shape index (κ3) is 2.59. The maximum absolute atomic E-state index is 12.9. The SMILES string of the molecule is O=c1cc(C(F)(F)F)oc2cc(-c3ccc(F)cc3)ccc12. The summed E-state index contributed by atoms with van der Waals surface area (Å²) in [6, 6.07) is 10.2. The smallest absolute Gasteiger partial charge is 0.449 e. The molecule has 1 heterocycles. The molecule has 0 radical (unpaired) electrons. The second kappa shape index (κ2) is 4.98. The van der Waals surface area contributed by atoms with Gasteiger partial charge in [0.05, 0.1) is 5.39 Å². The largest absolute Gasteiger partial charge is 0.451 e. The molecule has 0 aliphatic carbocycles. The molecule has 0 fully saturated rings. The van der Waals surface area contributed by atoms with Crippen LogP contribution >= 0.6 is 0 Å². The minimum Gasteiger partial charge on any atom is -0.451 e. The highest BCUT2D eigenvalue weighted by atomic mass is 19.4. The molecule has 3 rings (SSSR count). The molecule has 0 aliphatic rings. The van der Waals surface area contributed by atoms with Gasteiger partial charge in [0, 0.05) is 6.07 Å². The van der Waals surface area contributed by atoms with Gasteiger partial charge in [0.15, 0.2) is 5.43 Å². The summed E-state index contributed by atoms with van der Waals surface area (Å²) in [6.45, 7) is 0. The fraction of sp³-hybridized carbons (Fsp3) is 0.0625. The van der Waals surface area contributed by atoms with E-state index in [1.54, 1.807) is 6.07 Å². The normalized spacial score (nSPS) is 11.8. The van der Waals surface area contributed by atoms with Crippen LogP contribution in [0.1, 0.15) is 5.76 Å². The summed E-state index contributed by atoms with van der Waals surface area (Å²) >= 11 is 0. The lowest BCUT2D eigenvalue weighted by atomic mass is 10.0. The van der Waals surface area contributed by atoms with Gasteiger partial charge in [-0.25, -0.2) is 4.39 Å². The molecule has 0 saturated heterocycles. The summed E-state index contributed by atoms with van der Waals surface area (Å²) in [5.41, 5.74) is 0.194. The fourth-order valence-corrected chi connectivity index (χ4v) is 2.12. The molecule has 6 heteroatoms. The van der Waals surface area contributed by atoms with Crippen LogP contribution in [0.4, 0.5) is 17.6 Å². The van der Waals surface area contributed by atoms with Crippen LogP contribution in [0.5, 0.6) is 0 Å². The Morgan fingerprint density at radius 1 is 0.864 bits per heavy atom. The lowest BCUT2D eigenvalue weighted by Crippen LogP contribution is -2.10. The van der Waals surface area contributed by atoms with E-state index in [0.717, 1.165) is 0 Å². The topological polar surface area (TPSA) is 30.2 Å². The summed E-state index contributed by atoms with van der Waals surface area (Å²) in [5, 5.41) is 0.0545. The Morgan fingerprint density at radius 3 is 2.14 bits per heavy atom. The predicted octanol–water partition coefficient (Wildman–Crippen LogP) is 4.62. The van der Waals surface area contributed by atoms with E-state index in [-0.39, 0.29) is 11.0 Å². The van der Waals surface area contributed by atoms with E-state index < -0.39 is 23.2 Å². The molecule has 0 bridgehead atoms. The second-order valence-electron chi connectivity index (χ2n) is 4.69. The molecule has 0 N–H and O–H groups in total. The number of halogens is 4. The van der Waals surface area contributed by atoms with Crippen LogP contribution < -0.4 is 5.43 Å². The van der Waals surface area contributed by atoms with Gasteiger partial charge in [0.1, 0.15) is 11.4 Å².